The lowest BCUT2D eigenvalue weighted by Gasteiger charge is -2.30. The van der Waals surface area contributed by atoms with Crippen LogP contribution in [0.5, 0.6) is 5.75 Å². The zero-order chi connectivity index (χ0) is 33.9. The number of anilines is 2. The summed E-state index contributed by atoms with van der Waals surface area (Å²) in [4.78, 5) is 81.6. The normalized spacial score (nSPS) is 18.1. The van der Waals surface area contributed by atoms with Gasteiger partial charge in [0.05, 0.1) is 41.0 Å². The molecule has 48 heavy (non-hydrogen) atoms. The van der Waals surface area contributed by atoms with Crippen LogP contribution in [0.4, 0.5) is 11.4 Å². The molecule has 0 aliphatic carbocycles. The van der Waals surface area contributed by atoms with Crippen molar-refractivity contribution in [2.45, 2.75) is 30.0 Å². The Labute approximate surface area is 282 Å². The molecule has 2 unspecified atom stereocenters. The third-order valence-electron chi connectivity index (χ3n) is 7.75. The van der Waals surface area contributed by atoms with Gasteiger partial charge in [-0.05, 0) is 68.4 Å². The number of hydrogen-bond donors (Lipinski definition) is 2. The number of para-hydroxylation sites is 1. The van der Waals surface area contributed by atoms with E-state index in [2.05, 4.69) is 10.3 Å². The van der Waals surface area contributed by atoms with Crippen molar-refractivity contribution >= 4 is 64.1 Å². The van der Waals surface area contributed by atoms with Crippen molar-refractivity contribution < 1.29 is 38.2 Å². The number of thioether (sulfide) groups is 1. The molecule has 12 nitrogen and oxygen atoms in total. The van der Waals surface area contributed by atoms with Crippen LogP contribution < -0.4 is 19.8 Å². The molecule has 0 saturated carbocycles. The Kier molecular flexibility index (Phi) is 9.46. The molecule has 3 amide bonds. The molecule has 6 rings (SSSR count). The number of fused-ring (bicyclic) bond motifs is 2. The number of rotatable bonds is 10. The standard InChI is InChI=1S/C34H29N3O9S2/c1-3-44-32(41)18-9-13-20(14-10-18)35-24(38)17-46-23-8-6-5-7-22(23)25-26-28(47-29-27(25)48-34(43)36-29)31(40)37(30(26)39)21-15-11-19(12-16-21)33(42)45-4-2/h5-16,25-26,28H,3-4,17H2,1-2H3,(H,35,38)(H,36,43)/t25-,26?,28?/m1/s1. The summed E-state index contributed by atoms with van der Waals surface area (Å²) >= 11 is 2.10. The predicted octanol–water partition coefficient (Wildman–Crippen LogP) is 4.60. The van der Waals surface area contributed by atoms with Crippen LogP contribution in [0.15, 0.2) is 82.6 Å². The molecule has 1 aromatic heterocycles. The van der Waals surface area contributed by atoms with Gasteiger partial charge in [-0.3, -0.25) is 19.2 Å². The van der Waals surface area contributed by atoms with E-state index in [0.29, 0.717) is 38.2 Å². The lowest BCUT2D eigenvalue weighted by molar-refractivity contribution is -0.122. The maximum Gasteiger partial charge on any atom is 0.338 e. The van der Waals surface area contributed by atoms with Gasteiger partial charge in [0, 0.05) is 22.0 Å². The number of aromatic nitrogens is 1. The minimum absolute atomic E-state index is 0.208. The molecule has 4 aromatic rings. The lowest BCUT2D eigenvalue weighted by Crippen LogP contribution is -2.32. The molecule has 0 spiro atoms. The van der Waals surface area contributed by atoms with Crippen molar-refractivity contribution in [3.8, 4) is 5.75 Å². The van der Waals surface area contributed by atoms with Gasteiger partial charge in [0.1, 0.15) is 11.0 Å². The first-order chi connectivity index (χ1) is 23.2. The number of benzene rings is 3. The van der Waals surface area contributed by atoms with Gasteiger partial charge in [0.15, 0.2) is 6.61 Å². The second-order valence-electron chi connectivity index (χ2n) is 10.7. The van der Waals surface area contributed by atoms with E-state index >= 15 is 0 Å². The summed E-state index contributed by atoms with van der Waals surface area (Å²) in [6.07, 6.45) is 0. The summed E-state index contributed by atoms with van der Waals surface area (Å²) in [7, 11) is 0. The first kappa shape index (κ1) is 32.7. The highest BCUT2D eigenvalue weighted by atomic mass is 32.2. The van der Waals surface area contributed by atoms with Gasteiger partial charge in [-0.1, -0.05) is 41.3 Å². The molecule has 2 aliphatic heterocycles. The number of carbonyl (C=O) groups excluding carboxylic acids is 5. The molecule has 2 aliphatic rings. The second kappa shape index (κ2) is 13.9. The number of H-pyrrole nitrogens is 1. The number of thiazole rings is 1. The summed E-state index contributed by atoms with van der Waals surface area (Å²) in [6, 6.07) is 19.2. The number of hydrogen-bond acceptors (Lipinski definition) is 11. The van der Waals surface area contributed by atoms with Crippen LogP contribution in [-0.2, 0) is 23.9 Å². The molecule has 0 bridgehead atoms. The fraction of sp³-hybridized carbons (Fsp3) is 0.235. The molecule has 2 N–H and O–H groups in total. The van der Waals surface area contributed by atoms with Crippen molar-refractivity contribution in [1.82, 2.24) is 4.98 Å². The van der Waals surface area contributed by atoms with Crippen LogP contribution in [0.3, 0.4) is 0 Å². The van der Waals surface area contributed by atoms with Crippen molar-refractivity contribution in [2.24, 2.45) is 5.92 Å². The molecule has 246 valence electrons. The Bertz CT molecular complexity index is 1950. The van der Waals surface area contributed by atoms with E-state index in [1.807, 2.05) is 0 Å². The molecular formula is C34H29N3O9S2. The fourth-order valence-electron chi connectivity index (χ4n) is 5.68. The first-order valence-corrected chi connectivity index (χ1v) is 16.7. The van der Waals surface area contributed by atoms with Crippen LogP contribution in [0.2, 0.25) is 0 Å². The quantitative estimate of drug-likeness (QED) is 0.178. The minimum Gasteiger partial charge on any atom is -0.483 e. The van der Waals surface area contributed by atoms with E-state index in [0.717, 1.165) is 28.0 Å². The molecule has 14 heteroatoms. The average Bonchev–Trinajstić information content (AvgIpc) is 3.58. The summed E-state index contributed by atoms with van der Waals surface area (Å²) in [5.74, 6) is -3.67. The van der Waals surface area contributed by atoms with Gasteiger partial charge in [0.2, 0.25) is 11.8 Å². The minimum atomic E-state index is -0.886. The fourth-order valence-corrected chi connectivity index (χ4v) is 8.19. The van der Waals surface area contributed by atoms with Gasteiger partial charge in [-0.2, -0.15) is 0 Å². The highest BCUT2D eigenvalue weighted by molar-refractivity contribution is 8.00. The van der Waals surface area contributed by atoms with Gasteiger partial charge >= 0.3 is 16.8 Å². The lowest BCUT2D eigenvalue weighted by atomic mass is 9.82. The summed E-state index contributed by atoms with van der Waals surface area (Å²) in [5, 5.41) is 2.37. The summed E-state index contributed by atoms with van der Waals surface area (Å²) in [5.41, 5.74) is 1.93. The van der Waals surface area contributed by atoms with Crippen LogP contribution in [-0.4, -0.2) is 59.7 Å². The molecule has 3 atom stereocenters. The number of imide groups is 1. The van der Waals surface area contributed by atoms with Gasteiger partial charge in [-0.15, -0.1) is 0 Å². The molecule has 3 heterocycles. The first-order valence-electron chi connectivity index (χ1n) is 15.0. The molecule has 1 fully saturated rings. The van der Waals surface area contributed by atoms with Crippen molar-refractivity contribution in [3.05, 3.63) is 104 Å². The van der Waals surface area contributed by atoms with Gasteiger partial charge in [0.25, 0.3) is 5.91 Å². The van der Waals surface area contributed by atoms with Gasteiger partial charge in [-0.25, -0.2) is 14.5 Å². The van der Waals surface area contributed by atoms with Crippen molar-refractivity contribution in [2.75, 3.05) is 30.0 Å². The number of ether oxygens (including phenoxy) is 3. The Balaban J connectivity index is 1.25. The maximum absolute atomic E-state index is 14.1. The van der Waals surface area contributed by atoms with Crippen LogP contribution in [0, 0.1) is 5.92 Å². The van der Waals surface area contributed by atoms with Gasteiger partial charge < -0.3 is 24.5 Å². The van der Waals surface area contributed by atoms with E-state index in [4.69, 9.17) is 14.2 Å². The Morgan fingerprint density at radius 2 is 1.46 bits per heavy atom. The monoisotopic (exact) mass is 687 g/mol. The highest BCUT2D eigenvalue weighted by Crippen LogP contribution is 2.54. The zero-order valence-corrected chi connectivity index (χ0v) is 27.4. The smallest absolute Gasteiger partial charge is 0.338 e. The van der Waals surface area contributed by atoms with E-state index in [9.17, 15) is 28.8 Å². The molecule has 1 saturated heterocycles. The zero-order valence-electron chi connectivity index (χ0n) is 25.7. The van der Waals surface area contributed by atoms with E-state index in [1.54, 1.807) is 62.4 Å². The molecular weight excluding hydrogens is 659 g/mol. The number of nitrogens with one attached hydrogen (secondary N) is 2. The number of esters is 2. The van der Waals surface area contributed by atoms with E-state index in [1.165, 1.54) is 24.3 Å². The SMILES string of the molecule is CCOC(=O)c1ccc(NC(=O)COc2ccccc2[C@H]2c3sc(=O)[nH]c3SC3C(=O)N(c4ccc(C(=O)OCC)cc4)C(=O)C32)cc1. The number of amides is 3. The van der Waals surface area contributed by atoms with Crippen molar-refractivity contribution in [1.29, 1.82) is 0 Å². The summed E-state index contributed by atoms with van der Waals surface area (Å²) < 4.78 is 16.0. The second-order valence-corrected chi connectivity index (χ2v) is 12.9. The highest BCUT2D eigenvalue weighted by Gasteiger charge is 2.56. The summed E-state index contributed by atoms with van der Waals surface area (Å²) in [6.45, 7) is 3.48. The van der Waals surface area contributed by atoms with Crippen LogP contribution >= 0.6 is 23.1 Å². The topological polar surface area (TPSA) is 161 Å². The molecule has 0 radical (unpaired) electrons. The van der Waals surface area contributed by atoms with E-state index in [-0.39, 0.29) is 30.3 Å². The predicted molar refractivity (Wildman–Crippen MR) is 178 cm³/mol. The number of carbonyl (C=O) groups is 5. The Morgan fingerprint density at radius 3 is 2.10 bits per heavy atom. The largest absolute Gasteiger partial charge is 0.483 e. The maximum atomic E-state index is 14.1. The average molecular weight is 688 g/mol. The van der Waals surface area contributed by atoms with E-state index < -0.39 is 46.7 Å². The van der Waals surface area contributed by atoms with Crippen molar-refractivity contribution in [3.63, 3.8) is 0 Å². The Hall–Kier alpha value is -5.21. The van der Waals surface area contributed by atoms with Crippen LogP contribution in [0.1, 0.15) is 50.9 Å². The molecule has 3 aromatic carbocycles. The third kappa shape index (κ3) is 6.36. The number of aromatic amines is 1. The number of nitrogens with zero attached hydrogens (tertiary/aromatic N) is 1. The Morgan fingerprint density at radius 1 is 0.833 bits per heavy atom. The van der Waals surface area contributed by atoms with Crippen LogP contribution in [0.25, 0.3) is 0 Å². The third-order valence-corrected chi connectivity index (χ3v) is 10.2.